The molecule has 1 aromatic carbocycles. The number of hydrogen-bond donors (Lipinski definition) is 1. The quantitative estimate of drug-likeness (QED) is 0.863. The third-order valence-electron chi connectivity index (χ3n) is 4.89. The predicted octanol–water partition coefficient (Wildman–Crippen LogP) is 3.57. The third-order valence-corrected chi connectivity index (χ3v) is 4.89. The van der Waals surface area contributed by atoms with Crippen LogP contribution in [0.25, 0.3) is 0 Å². The molecular formula is C19H22O4. The summed E-state index contributed by atoms with van der Waals surface area (Å²) >= 11 is 0. The Labute approximate surface area is 136 Å². The fraction of sp³-hybridized carbons (Fsp3) is 0.474. The van der Waals surface area contributed by atoms with Gasteiger partial charge in [0.2, 0.25) is 0 Å². The first-order valence-electron chi connectivity index (χ1n) is 8.35. The lowest BCUT2D eigenvalue weighted by Crippen LogP contribution is -2.36. The summed E-state index contributed by atoms with van der Waals surface area (Å²) in [6.07, 6.45) is 7.48. The molecule has 122 valence electrons. The Hall–Kier alpha value is -2.10. The van der Waals surface area contributed by atoms with Crippen LogP contribution in [0.3, 0.4) is 0 Å². The van der Waals surface area contributed by atoms with E-state index in [0.717, 1.165) is 31.2 Å². The molecular weight excluding hydrogens is 292 g/mol. The van der Waals surface area contributed by atoms with Gasteiger partial charge in [-0.05, 0) is 30.9 Å². The van der Waals surface area contributed by atoms with Crippen molar-refractivity contribution in [2.24, 2.45) is 17.8 Å². The van der Waals surface area contributed by atoms with E-state index in [4.69, 9.17) is 4.74 Å². The van der Waals surface area contributed by atoms with Crippen LogP contribution in [0.2, 0.25) is 0 Å². The molecule has 0 bridgehead atoms. The molecule has 2 aliphatic rings. The number of carboxylic acids is 1. The number of hydrogen-bond acceptors (Lipinski definition) is 3. The van der Waals surface area contributed by atoms with E-state index in [2.05, 4.69) is 0 Å². The van der Waals surface area contributed by atoms with Crippen molar-refractivity contribution in [3.63, 3.8) is 0 Å². The van der Waals surface area contributed by atoms with Crippen molar-refractivity contribution in [2.75, 3.05) is 0 Å². The Kier molecular flexibility index (Phi) is 4.79. The van der Waals surface area contributed by atoms with Gasteiger partial charge in [-0.2, -0.15) is 0 Å². The zero-order valence-electron chi connectivity index (χ0n) is 13.1. The molecule has 2 unspecified atom stereocenters. The Bertz CT molecular complexity index is 599. The van der Waals surface area contributed by atoms with Gasteiger partial charge in [0.15, 0.2) is 0 Å². The van der Waals surface area contributed by atoms with E-state index < -0.39 is 23.8 Å². The van der Waals surface area contributed by atoms with Gasteiger partial charge in [0, 0.05) is 5.92 Å². The molecule has 0 aromatic heterocycles. The van der Waals surface area contributed by atoms with E-state index in [0.29, 0.717) is 12.2 Å². The van der Waals surface area contributed by atoms with Gasteiger partial charge in [-0.25, -0.2) is 0 Å². The average molecular weight is 314 g/mol. The highest BCUT2D eigenvalue weighted by Crippen LogP contribution is 2.36. The molecule has 1 saturated carbocycles. The van der Waals surface area contributed by atoms with Gasteiger partial charge in [0.1, 0.15) is 5.76 Å². The van der Waals surface area contributed by atoms with E-state index in [1.807, 2.05) is 30.3 Å². The van der Waals surface area contributed by atoms with Crippen molar-refractivity contribution < 1.29 is 19.4 Å². The minimum Gasteiger partial charge on any atom is -0.481 e. The van der Waals surface area contributed by atoms with Crippen LogP contribution in [0, 0.1) is 17.8 Å². The van der Waals surface area contributed by atoms with Gasteiger partial charge in [-0.1, -0.05) is 49.6 Å². The molecule has 1 aliphatic heterocycles. The monoisotopic (exact) mass is 314 g/mol. The number of ether oxygens (including phenoxy) is 1. The SMILES string of the molecule is O=C(O)C1C=C(C2CCCCC2)OC(=O)C1Cc1ccccc1. The fourth-order valence-corrected chi connectivity index (χ4v) is 3.59. The maximum Gasteiger partial charge on any atom is 0.315 e. The second kappa shape index (κ2) is 6.99. The molecule has 3 rings (SSSR count). The molecule has 4 nitrogen and oxygen atoms in total. The lowest BCUT2D eigenvalue weighted by Gasteiger charge is -2.31. The average Bonchev–Trinajstić information content (AvgIpc) is 2.58. The van der Waals surface area contributed by atoms with Crippen LogP contribution >= 0.6 is 0 Å². The summed E-state index contributed by atoms with van der Waals surface area (Å²) in [6.45, 7) is 0. The Morgan fingerprint density at radius 2 is 1.83 bits per heavy atom. The van der Waals surface area contributed by atoms with Crippen LogP contribution in [0.5, 0.6) is 0 Å². The molecule has 1 heterocycles. The van der Waals surface area contributed by atoms with E-state index in [-0.39, 0.29) is 5.92 Å². The van der Waals surface area contributed by atoms with Crippen LogP contribution in [-0.4, -0.2) is 17.0 Å². The van der Waals surface area contributed by atoms with Crippen LogP contribution in [-0.2, 0) is 20.7 Å². The predicted molar refractivity (Wildman–Crippen MR) is 85.5 cm³/mol. The standard InChI is InChI=1S/C19H22O4/c20-18(21)15-12-17(14-9-5-2-6-10-14)23-19(22)16(15)11-13-7-3-1-4-8-13/h1,3-4,7-8,12,14-16H,2,5-6,9-11H2,(H,20,21). The number of rotatable bonds is 4. The molecule has 0 saturated heterocycles. The lowest BCUT2D eigenvalue weighted by molar-refractivity contribution is -0.156. The minimum absolute atomic E-state index is 0.201. The van der Waals surface area contributed by atoms with Crippen LogP contribution in [0.15, 0.2) is 42.2 Å². The number of allylic oxidation sites excluding steroid dienone is 1. The molecule has 0 spiro atoms. The summed E-state index contributed by atoms with van der Waals surface area (Å²) in [5, 5.41) is 9.57. The topological polar surface area (TPSA) is 63.6 Å². The highest BCUT2D eigenvalue weighted by Gasteiger charge is 2.39. The Morgan fingerprint density at radius 1 is 1.13 bits per heavy atom. The normalized spacial score (nSPS) is 25.6. The van der Waals surface area contributed by atoms with Gasteiger partial charge in [0.25, 0.3) is 0 Å². The maximum atomic E-state index is 12.4. The number of carbonyl (C=O) groups is 2. The minimum atomic E-state index is -0.948. The van der Waals surface area contributed by atoms with Crippen molar-refractivity contribution in [1.29, 1.82) is 0 Å². The molecule has 1 fully saturated rings. The van der Waals surface area contributed by atoms with E-state index in [1.165, 1.54) is 6.42 Å². The van der Waals surface area contributed by atoms with Gasteiger partial charge in [0.05, 0.1) is 11.8 Å². The van der Waals surface area contributed by atoms with Gasteiger partial charge in [-0.15, -0.1) is 0 Å². The first-order chi connectivity index (χ1) is 11.1. The van der Waals surface area contributed by atoms with Crippen molar-refractivity contribution in [3.8, 4) is 0 Å². The highest BCUT2D eigenvalue weighted by molar-refractivity contribution is 5.85. The summed E-state index contributed by atoms with van der Waals surface area (Å²) < 4.78 is 5.55. The number of benzene rings is 1. The first-order valence-corrected chi connectivity index (χ1v) is 8.35. The maximum absolute atomic E-state index is 12.4. The van der Waals surface area contributed by atoms with E-state index in [1.54, 1.807) is 6.08 Å². The molecule has 1 N–H and O–H groups in total. The number of carboxylic acid groups (broad SMARTS) is 1. The Balaban J connectivity index is 1.82. The summed E-state index contributed by atoms with van der Waals surface area (Å²) in [5.41, 5.74) is 0.954. The van der Waals surface area contributed by atoms with Crippen molar-refractivity contribution in [3.05, 3.63) is 47.7 Å². The molecule has 0 radical (unpaired) electrons. The van der Waals surface area contributed by atoms with Crippen LogP contribution in [0.4, 0.5) is 0 Å². The van der Waals surface area contributed by atoms with Crippen molar-refractivity contribution in [2.45, 2.75) is 38.5 Å². The summed E-state index contributed by atoms with van der Waals surface area (Å²) in [7, 11) is 0. The second-order valence-corrected chi connectivity index (χ2v) is 6.49. The molecule has 1 aliphatic carbocycles. The third kappa shape index (κ3) is 3.63. The van der Waals surface area contributed by atoms with Crippen LogP contribution < -0.4 is 0 Å². The first kappa shape index (κ1) is 15.8. The molecule has 1 aromatic rings. The smallest absolute Gasteiger partial charge is 0.315 e. The van der Waals surface area contributed by atoms with Crippen LogP contribution in [0.1, 0.15) is 37.7 Å². The zero-order valence-corrected chi connectivity index (χ0v) is 13.1. The number of esters is 1. The largest absolute Gasteiger partial charge is 0.481 e. The number of cyclic esters (lactones) is 1. The summed E-state index contributed by atoms with van der Waals surface area (Å²) in [5.74, 6) is -2.01. The van der Waals surface area contributed by atoms with Gasteiger partial charge < -0.3 is 9.84 Å². The zero-order chi connectivity index (χ0) is 16.2. The van der Waals surface area contributed by atoms with Crippen molar-refractivity contribution in [1.82, 2.24) is 0 Å². The summed E-state index contributed by atoms with van der Waals surface area (Å²) in [6, 6.07) is 9.50. The second-order valence-electron chi connectivity index (χ2n) is 6.49. The highest BCUT2D eigenvalue weighted by atomic mass is 16.5. The van der Waals surface area contributed by atoms with Crippen molar-refractivity contribution >= 4 is 11.9 Å². The molecule has 2 atom stereocenters. The lowest BCUT2D eigenvalue weighted by atomic mass is 9.81. The molecule has 0 amide bonds. The molecule has 23 heavy (non-hydrogen) atoms. The molecule has 4 heteroatoms. The number of carbonyl (C=O) groups excluding carboxylic acids is 1. The number of aliphatic carboxylic acids is 1. The van der Waals surface area contributed by atoms with E-state index >= 15 is 0 Å². The Morgan fingerprint density at radius 3 is 2.48 bits per heavy atom. The summed E-state index contributed by atoms with van der Waals surface area (Å²) in [4.78, 5) is 24.1. The van der Waals surface area contributed by atoms with Gasteiger partial charge in [-0.3, -0.25) is 9.59 Å². The van der Waals surface area contributed by atoms with E-state index in [9.17, 15) is 14.7 Å². The van der Waals surface area contributed by atoms with Gasteiger partial charge >= 0.3 is 11.9 Å². The fourth-order valence-electron chi connectivity index (χ4n) is 3.59.